The molecule has 1 unspecified atom stereocenters. The average Bonchev–Trinajstić information content (AvgIpc) is 2.38. The van der Waals surface area contributed by atoms with Crippen molar-refractivity contribution in [2.24, 2.45) is 5.92 Å². The topological polar surface area (TPSA) is 90.0 Å². The molecule has 1 heterocycles. The molecule has 0 N–H and O–H groups in total. The summed E-state index contributed by atoms with van der Waals surface area (Å²) in [5.74, 6) is -2.35. The predicted octanol–water partition coefficient (Wildman–Crippen LogP) is -0.236. The molecule has 1 aliphatic rings. The van der Waals surface area contributed by atoms with E-state index in [1.165, 1.54) is 0 Å². The molecule has 0 amide bonds. The highest BCUT2D eigenvalue weighted by atomic mass is 32.2. The number of ether oxygens (including phenoxy) is 2. The lowest BCUT2D eigenvalue weighted by atomic mass is 10.0. The van der Waals surface area contributed by atoms with Crippen LogP contribution in [0.25, 0.3) is 0 Å². The lowest BCUT2D eigenvalue weighted by Crippen LogP contribution is -2.44. The number of carbonyl (C=O) groups is 2. The molecule has 1 rings (SSSR count). The Morgan fingerprint density at radius 2 is 2.05 bits per heavy atom. The maximum Gasteiger partial charge on any atom is 0.322 e. The molecule has 0 aromatic carbocycles. The van der Waals surface area contributed by atoms with Gasteiger partial charge >= 0.3 is 11.9 Å². The highest BCUT2D eigenvalue weighted by Crippen LogP contribution is 2.20. The van der Waals surface area contributed by atoms with Crippen LogP contribution < -0.4 is 0 Å². The standard InChI is InChI=1S/C11H19NO6S/c1-3-18-11(14)9-5-4-6-12(7-9)19(15,16)8-10(13)17-2/h9H,3-8H2,1-2H3. The zero-order chi connectivity index (χ0) is 14.5. The first-order valence-corrected chi connectivity index (χ1v) is 7.73. The SMILES string of the molecule is CCOC(=O)C1CCCN(S(=O)(=O)CC(=O)OC)C1. The van der Waals surface area contributed by atoms with Gasteiger partial charge in [-0.15, -0.1) is 0 Å². The molecule has 110 valence electrons. The van der Waals surface area contributed by atoms with Gasteiger partial charge in [0.2, 0.25) is 10.0 Å². The predicted molar refractivity (Wildman–Crippen MR) is 66.7 cm³/mol. The highest BCUT2D eigenvalue weighted by molar-refractivity contribution is 7.89. The van der Waals surface area contributed by atoms with Crippen molar-refractivity contribution in [3.05, 3.63) is 0 Å². The summed E-state index contributed by atoms with van der Waals surface area (Å²) in [7, 11) is -2.59. The minimum absolute atomic E-state index is 0.0676. The maximum atomic E-state index is 12.0. The van der Waals surface area contributed by atoms with Crippen LogP contribution in [0, 0.1) is 5.92 Å². The van der Waals surface area contributed by atoms with E-state index in [0.717, 1.165) is 11.4 Å². The van der Waals surface area contributed by atoms with Crippen molar-refractivity contribution in [3.8, 4) is 0 Å². The Morgan fingerprint density at radius 1 is 1.37 bits per heavy atom. The minimum atomic E-state index is -3.73. The van der Waals surface area contributed by atoms with Crippen LogP contribution in [-0.4, -0.2) is 57.2 Å². The van der Waals surface area contributed by atoms with E-state index in [9.17, 15) is 18.0 Å². The Labute approximate surface area is 112 Å². The van der Waals surface area contributed by atoms with Crippen LogP contribution in [0.5, 0.6) is 0 Å². The van der Waals surface area contributed by atoms with Gasteiger partial charge in [0.15, 0.2) is 5.75 Å². The molecule has 1 atom stereocenters. The third kappa shape index (κ3) is 4.46. The van der Waals surface area contributed by atoms with Crippen molar-refractivity contribution in [1.82, 2.24) is 4.31 Å². The Hall–Kier alpha value is -1.15. The first-order valence-electron chi connectivity index (χ1n) is 6.12. The molecule has 1 saturated heterocycles. The van der Waals surface area contributed by atoms with Gasteiger partial charge in [0.05, 0.1) is 19.6 Å². The lowest BCUT2D eigenvalue weighted by Gasteiger charge is -2.30. The van der Waals surface area contributed by atoms with Crippen LogP contribution in [0.15, 0.2) is 0 Å². The first kappa shape index (κ1) is 15.9. The van der Waals surface area contributed by atoms with Gasteiger partial charge in [-0.3, -0.25) is 9.59 Å². The largest absolute Gasteiger partial charge is 0.468 e. The zero-order valence-electron chi connectivity index (χ0n) is 11.1. The van der Waals surface area contributed by atoms with Gasteiger partial charge in [0.1, 0.15) is 0 Å². The first-order chi connectivity index (χ1) is 8.90. The monoisotopic (exact) mass is 293 g/mol. The summed E-state index contributed by atoms with van der Waals surface area (Å²) in [6.45, 7) is 2.35. The van der Waals surface area contributed by atoms with Crippen molar-refractivity contribution in [1.29, 1.82) is 0 Å². The van der Waals surface area contributed by atoms with E-state index in [-0.39, 0.29) is 19.1 Å². The number of methoxy groups -OCH3 is 1. The number of hydrogen-bond acceptors (Lipinski definition) is 6. The molecule has 1 fully saturated rings. The molecule has 0 bridgehead atoms. The van der Waals surface area contributed by atoms with E-state index in [2.05, 4.69) is 4.74 Å². The molecular weight excluding hydrogens is 274 g/mol. The summed E-state index contributed by atoms with van der Waals surface area (Å²) < 4.78 is 34.3. The van der Waals surface area contributed by atoms with Crippen molar-refractivity contribution in [2.45, 2.75) is 19.8 Å². The van der Waals surface area contributed by atoms with E-state index >= 15 is 0 Å². The number of nitrogens with zero attached hydrogens (tertiary/aromatic N) is 1. The summed E-state index contributed by atoms with van der Waals surface area (Å²) in [6, 6.07) is 0. The van der Waals surface area contributed by atoms with E-state index < -0.39 is 27.7 Å². The maximum absolute atomic E-state index is 12.0. The van der Waals surface area contributed by atoms with Crippen LogP contribution in [0.1, 0.15) is 19.8 Å². The van der Waals surface area contributed by atoms with Gasteiger partial charge in [-0.25, -0.2) is 12.7 Å². The third-order valence-electron chi connectivity index (χ3n) is 2.93. The zero-order valence-corrected chi connectivity index (χ0v) is 11.9. The number of piperidine rings is 1. The second kappa shape index (κ2) is 6.85. The lowest BCUT2D eigenvalue weighted by molar-refractivity contribution is -0.149. The van der Waals surface area contributed by atoms with E-state index in [1.807, 2.05) is 0 Å². The van der Waals surface area contributed by atoms with E-state index in [4.69, 9.17) is 4.74 Å². The van der Waals surface area contributed by atoms with Gasteiger partial charge in [-0.2, -0.15) is 0 Å². The second-order valence-electron chi connectivity index (χ2n) is 4.28. The molecule has 0 aromatic rings. The summed E-state index contributed by atoms with van der Waals surface area (Å²) >= 11 is 0. The molecule has 0 saturated carbocycles. The van der Waals surface area contributed by atoms with Gasteiger partial charge in [-0.05, 0) is 19.8 Å². The summed E-state index contributed by atoms with van der Waals surface area (Å²) in [5.41, 5.74) is 0. The number of carbonyl (C=O) groups excluding carboxylic acids is 2. The minimum Gasteiger partial charge on any atom is -0.468 e. The Balaban J connectivity index is 2.68. The third-order valence-corrected chi connectivity index (χ3v) is 4.64. The molecule has 0 aliphatic carbocycles. The van der Waals surface area contributed by atoms with Gasteiger partial charge < -0.3 is 9.47 Å². The fraction of sp³-hybridized carbons (Fsp3) is 0.818. The van der Waals surface area contributed by atoms with Crippen LogP contribution in [0.3, 0.4) is 0 Å². The molecule has 0 radical (unpaired) electrons. The molecule has 7 nitrogen and oxygen atoms in total. The van der Waals surface area contributed by atoms with Gasteiger partial charge in [0, 0.05) is 13.1 Å². The average molecular weight is 293 g/mol. The summed E-state index contributed by atoms with van der Waals surface area (Å²) in [5, 5.41) is 0. The fourth-order valence-electron chi connectivity index (χ4n) is 1.95. The second-order valence-corrected chi connectivity index (χ2v) is 6.25. The Kier molecular flexibility index (Phi) is 5.74. The number of rotatable bonds is 5. The van der Waals surface area contributed by atoms with Crippen molar-refractivity contribution >= 4 is 22.0 Å². The van der Waals surface area contributed by atoms with Crippen molar-refractivity contribution < 1.29 is 27.5 Å². The van der Waals surface area contributed by atoms with Crippen LogP contribution in [-0.2, 0) is 29.1 Å². The van der Waals surface area contributed by atoms with Crippen LogP contribution in [0.2, 0.25) is 0 Å². The smallest absolute Gasteiger partial charge is 0.322 e. The normalized spacial score (nSPS) is 20.8. The molecule has 0 aromatic heterocycles. The van der Waals surface area contributed by atoms with Gasteiger partial charge in [0.25, 0.3) is 0 Å². The summed E-state index contributed by atoms with van der Waals surface area (Å²) in [4.78, 5) is 22.7. The van der Waals surface area contributed by atoms with Crippen molar-refractivity contribution in [2.75, 3.05) is 32.6 Å². The molecule has 0 spiro atoms. The quantitative estimate of drug-likeness (QED) is 0.650. The number of hydrogen-bond donors (Lipinski definition) is 0. The van der Waals surface area contributed by atoms with Crippen LogP contribution in [0.4, 0.5) is 0 Å². The fourth-order valence-corrected chi connectivity index (χ4v) is 3.36. The Bertz CT molecular complexity index is 432. The van der Waals surface area contributed by atoms with E-state index in [1.54, 1.807) is 6.92 Å². The number of esters is 2. The number of sulfonamides is 1. The van der Waals surface area contributed by atoms with Crippen molar-refractivity contribution in [3.63, 3.8) is 0 Å². The van der Waals surface area contributed by atoms with Gasteiger partial charge in [-0.1, -0.05) is 0 Å². The highest BCUT2D eigenvalue weighted by Gasteiger charge is 2.34. The summed E-state index contributed by atoms with van der Waals surface area (Å²) in [6.07, 6.45) is 1.17. The van der Waals surface area contributed by atoms with Crippen LogP contribution >= 0.6 is 0 Å². The molecule has 19 heavy (non-hydrogen) atoms. The molecular formula is C11H19NO6S. The van der Waals surface area contributed by atoms with E-state index in [0.29, 0.717) is 19.4 Å². The molecule has 8 heteroatoms. The Morgan fingerprint density at radius 3 is 2.63 bits per heavy atom. The molecule has 1 aliphatic heterocycles.